The molecule has 0 spiro atoms. The molecule has 2 saturated heterocycles. The Balaban J connectivity index is 1.33. The van der Waals surface area contributed by atoms with Crippen molar-refractivity contribution < 1.29 is 4.79 Å². The minimum atomic E-state index is 0.0457. The minimum Gasteiger partial charge on any atom is -0.338 e. The second-order valence-electron chi connectivity index (χ2n) is 7.62. The average molecular weight is 377 g/mol. The molecule has 144 valence electrons. The molecule has 3 atom stereocenters. The zero-order chi connectivity index (χ0) is 18.9. The molecule has 0 saturated carbocycles. The summed E-state index contributed by atoms with van der Waals surface area (Å²) in [6, 6.07) is 14.5. The Morgan fingerprint density at radius 1 is 1.14 bits per heavy atom. The Kier molecular flexibility index (Phi) is 4.50. The number of pyridine rings is 1. The zero-order valence-electron chi connectivity index (χ0n) is 15.5. The van der Waals surface area contributed by atoms with Gasteiger partial charge in [-0.2, -0.15) is 4.52 Å². The third-order valence-electron chi connectivity index (χ3n) is 5.94. The van der Waals surface area contributed by atoms with Crippen LogP contribution in [-0.4, -0.2) is 56.5 Å². The summed E-state index contributed by atoms with van der Waals surface area (Å²) in [5.74, 6) is 0.873. The van der Waals surface area contributed by atoms with E-state index in [1.54, 1.807) is 22.8 Å². The van der Waals surface area contributed by atoms with Gasteiger partial charge in [-0.15, -0.1) is 5.10 Å². The molecule has 8 nitrogen and oxygen atoms in total. The number of carbonyl (C=O) groups is 1. The molecule has 1 amide bonds. The smallest absolute Gasteiger partial charge is 0.255 e. The van der Waals surface area contributed by atoms with E-state index in [1.807, 2.05) is 4.90 Å². The molecule has 2 fully saturated rings. The number of rotatable bonds is 3. The van der Waals surface area contributed by atoms with Crippen molar-refractivity contribution in [3.63, 3.8) is 0 Å². The SMILES string of the molecule is O=C(c1ccc2nnnn2c1)N1CCCC(C2NNCC2c2ccccc2)C1. The van der Waals surface area contributed by atoms with E-state index in [2.05, 4.69) is 56.7 Å². The number of piperidine rings is 1. The number of carbonyl (C=O) groups excluding carboxylic acids is 1. The topological polar surface area (TPSA) is 87.5 Å². The van der Waals surface area contributed by atoms with Crippen molar-refractivity contribution in [1.82, 2.24) is 35.8 Å². The summed E-state index contributed by atoms with van der Waals surface area (Å²) in [7, 11) is 0. The minimum absolute atomic E-state index is 0.0457. The van der Waals surface area contributed by atoms with E-state index >= 15 is 0 Å². The lowest BCUT2D eigenvalue weighted by molar-refractivity contribution is 0.0644. The van der Waals surface area contributed by atoms with Crippen LogP contribution in [0.5, 0.6) is 0 Å². The van der Waals surface area contributed by atoms with Crippen LogP contribution in [-0.2, 0) is 0 Å². The Morgan fingerprint density at radius 2 is 2.04 bits per heavy atom. The highest BCUT2D eigenvalue weighted by molar-refractivity contribution is 5.94. The average Bonchev–Trinajstić information content (AvgIpc) is 3.43. The normalized spacial score (nSPS) is 25.3. The van der Waals surface area contributed by atoms with Gasteiger partial charge in [-0.3, -0.25) is 15.6 Å². The lowest BCUT2D eigenvalue weighted by Crippen LogP contribution is -2.48. The van der Waals surface area contributed by atoms with Crippen LogP contribution in [0.4, 0.5) is 0 Å². The van der Waals surface area contributed by atoms with Gasteiger partial charge in [-0.05, 0) is 46.9 Å². The van der Waals surface area contributed by atoms with Crippen LogP contribution in [0.3, 0.4) is 0 Å². The maximum absolute atomic E-state index is 13.1. The lowest BCUT2D eigenvalue weighted by atomic mass is 9.81. The molecule has 4 heterocycles. The van der Waals surface area contributed by atoms with E-state index in [0.29, 0.717) is 29.1 Å². The highest BCUT2D eigenvalue weighted by atomic mass is 16.2. The molecule has 0 radical (unpaired) electrons. The molecular formula is C20H23N7O. The molecule has 2 N–H and O–H groups in total. The predicted molar refractivity (Wildman–Crippen MR) is 104 cm³/mol. The fraction of sp³-hybridized carbons (Fsp3) is 0.400. The number of hydrogen-bond acceptors (Lipinski definition) is 6. The van der Waals surface area contributed by atoms with Gasteiger partial charge in [-0.25, -0.2) is 0 Å². The van der Waals surface area contributed by atoms with Crippen molar-refractivity contribution in [3.05, 3.63) is 59.8 Å². The molecule has 2 aliphatic rings. The molecule has 3 unspecified atom stereocenters. The summed E-state index contributed by atoms with van der Waals surface area (Å²) in [6.07, 6.45) is 3.85. The van der Waals surface area contributed by atoms with E-state index in [0.717, 1.165) is 32.5 Å². The number of hydrogen-bond donors (Lipinski definition) is 2. The summed E-state index contributed by atoms with van der Waals surface area (Å²) in [6.45, 7) is 2.46. The fourth-order valence-electron chi connectivity index (χ4n) is 4.52. The van der Waals surface area contributed by atoms with E-state index in [4.69, 9.17) is 0 Å². The second-order valence-corrected chi connectivity index (χ2v) is 7.62. The summed E-state index contributed by atoms with van der Waals surface area (Å²) in [5, 5.41) is 11.4. The number of nitrogens with one attached hydrogen (secondary N) is 2. The zero-order valence-corrected chi connectivity index (χ0v) is 15.5. The number of benzene rings is 1. The van der Waals surface area contributed by atoms with Crippen molar-refractivity contribution >= 4 is 11.6 Å². The van der Waals surface area contributed by atoms with Gasteiger partial charge in [0.25, 0.3) is 5.91 Å². The fourth-order valence-corrected chi connectivity index (χ4v) is 4.52. The van der Waals surface area contributed by atoms with Crippen LogP contribution in [0, 0.1) is 5.92 Å². The van der Waals surface area contributed by atoms with Gasteiger partial charge in [-0.1, -0.05) is 30.3 Å². The Hall–Kier alpha value is -2.84. The first-order chi connectivity index (χ1) is 13.8. The van der Waals surface area contributed by atoms with E-state index in [-0.39, 0.29) is 5.91 Å². The molecule has 28 heavy (non-hydrogen) atoms. The number of fused-ring (bicyclic) bond motifs is 1. The molecule has 5 rings (SSSR count). The first kappa shape index (κ1) is 17.3. The molecule has 0 aliphatic carbocycles. The maximum atomic E-state index is 13.1. The first-order valence-corrected chi connectivity index (χ1v) is 9.80. The molecule has 2 aliphatic heterocycles. The third kappa shape index (κ3) is 3.14. The lowest BCUT2D eigenvalue weighted by Gasteiger charge is -2.37. The van der Waals surface area contributed by atoms with Crippen molar-refractivity contribution in [2.45, 2.75) is 24.8 Å². The van der Waals surface area contributed by atoms with Crippen molar-refractivity contribution in [2.75, 3.05) is 19.6 Å². The highest BCUT2D eigenvalue weighted by Gasteiger charge is 2.37. The summed E-state index contributed by atoms with van der Waals surface area (Å²) in [4.78, 5) is 15.1. The highest BCUT2D eigenvalue weighted by Crippen LogP contribution is 2.32. The van der Waals surface area contributed by atoms with Gasteiger partial charge >= 0.3 is 0 Å². The quantitative estimate of drug-likeness (QED) is 0.714. The number of tetrazole rings is 1. The number of nitrogens with zero attached hydrogens (tertiary/aromatic N) is 5. The van der Waals surface area contributed by atoms with E-state index in [9.17, 15) is 4.79 Å². The van der Waals surface area contributed by atoms with Crippen LogP contribution >= 0.6 is 0 Å². The molecular weight excluding hydrogens is 354 g/mol. The molecule has 1 aromatic carbocycles. The summed E-state index contributed by atoms with van der Waals surface area (Å²) >= 11 is 0. The van der Waals surface area contributed by atoms with Crippen LogP contribution < -0.4 is 10.9 Å². The van der Waals surface area contributed by atoms with Crippen molar-refractivity contribution in [3.8, 4) is 0 Å². The van der Waals surface area contributed by atoms with Gasteiger partial charge in [0.1, 0.15) is 0 Å². The van der Waals surface area contributed by atoms with Crippen LogP contribution in [0.15, 0.2) is 48.7 Å². The number of aromatic nitrogens is 4. The number of likely N-dealkylation sites (tertiary alicyclic amines) is 1. The van der Waals surface area contributed by atoms with Gasteiger partial charge < -0.3 is 4.90 Å². The van der Waals surface area contributed by atoms with Gasteiger partial charge in [0.15, 0.2) is 5.65 Å². The predicted octanol–water partition coefficient (Wildman–Crippen LogP) is 1.24. The molecule has 3 aromatic rings. The molecule has 0 bridgehead atoms. The van der Waals surface area contributed by atoms with E-state index in [1.165, 1.54) is 5.56 Å². The Labute approximate surface area is 162 Å². The Morgan fingerprint density at radius 3 is 2.93 bits per heavy atom. The number of hydrazine groups is 1. The summed E-state index contributed by atoms with van der Waals surface area (Å²) < 4.78 is 1.54. The van der Waals surface area contributed by atoms with Crippen molar-refractivity contribution in [2.24, 2.45) is 5.92 Å². The van der Waals surface area contributed by atoms with Crippen molar-refractivity contribution in [1.29, 1.82) is 0 Å². The molecule has 8 heteroatoms. The third-order valence-corrected chi connectivity index (χ3v) is 5.94. The van der Waals surface area contributed by atoms with Gasteiger partial charge in [0.2, 0.25) is 0 Å². The standard InChI is InChI=1S/C20H23N7O/c28-20(16-8-9-18-22-24-25-27(18)13-16)26-10-4-7-15(12-26)19-17(11-21-23-19)14-5-2-1-3-6-14/h1-3,5-6,8-9,13,15,17,19,21,23H,4,7,10-12H2. The van der Waals surface area contributed by atoms with Gasteiger partial charge in [0, 0.05) is 37.8 Å². The number of amides is 1. The van der Waals surface area contributed by atoms with Crippen LogP contribution in [0.2, 0.25) is 0 Å². The van der Waals surface area contributed by atoms with E-state index < -0.39 is 0 Å². The molecule has 2 aromatic heterocycles. The van der Waals surface area contributed by atoms with Gasteiger partial charge in [0.05, 0.1) is 5.56 Å². The first-order valence-electron chi connectivity index (χ1n) is 9.80. The maximum Gasteiger partial charge on any atom is 0.255 e. The summed E-state index contributed by atoms with van der Waals surface area (Å²) in [5.41, 5.74) is 9.42. The largest absolute Gasteiger partial charge is 0.338 e. The van der Waals surface area contributed by atoms with Crippen LogP contribution in [0.1, 0.15) is 34.7 Å². The Bertz CT molecular complexity index is 973. The second kappa shape index (κ2) is 7.29. The van der Waals surface area contributed by atoms with Crippen LogP contribution in [0.25, 0.3) is 5.65 Å². The monoisotopic (exact) mass is 377 g/mol.